The van der Waals surface area contributed by atoms with E-state index in [1.807, 2.05) is 12.1 Å². The summed E-state index contributed by atoms with van der Waals surface area (Å²) in [5.74, 6) is 0. The molecule has 18 heavy (non-hydrogen) atoms. The predicted octanol–water partition coefficient (Wildman–Crippen LogP) is 3.87. The molecule has 0 fully saturated rings. The number of rotatable bonds is 2. The number of hydrogen-bond acceptors (Lipinski definition) is 3. The predicted molar refractivity (Wildman–Crippen MR) is 77.0 cm³/mol. The third-order valence-corrected chi connectivity index (χ3v) is 4.90. The Balaban J connectivity index is 1.85. The Labute approximate surface area is 119 Å². The first-order chi connectivity index (χ1) is 8.72. The van der Waals surface area contributed by atoms with E-state index in [2.05, 4.69) is 33.0 Å². The summed E-state index contributed by atoms with van der Waals surface area (Å²) >= 11 is 5.15. The number of fused-ring (bicyclic) bond motifs is 1. The lowest BCUT2D eigenvalue weighted by atomic mass is 10.0. The average molecular weight is 324 g/mol. The molecule has 2 nitrogen and oxygen atoms in total. The summed E-state index contributed by atoms with van der Waals surface area (Å²) in [6.45, 7) is 0. The molecule has 4 heteroatoms. The number of thiazole rings is 1. The lowest BCUT2D eigenvalue weighted by Gasteiger charge is -2.14. The number of hydrogen-bond donors (Lipinski definition) is 1. The Bertz CT molecular complexity index is 567. The van der Waals surface area contributed by atoms with Gasteiger partial charge in [-0.15, -0.1) is 11.3 Å². The van der Waals surface area contributed by atoms with E-state index in [1.54, 1.807) is 11.3 Å². The van der Waals surface area contributed by atoms with Gasteiger partial charge in [0.05, 0.1) is 21.7 Å². The fraction of sp³-hybridized carbons (Fsp3) is 0.357. The molecule has 3 rings (SSSR count). The van der Waals surface area contributed by atoms with Crippen LogP contribution in [-0.2, 0) is 12.8 Å². The number of nitrogens with zero attached hydrogens (tertiary/aromatic N) is 1. The molecule has 0 amide bonds. The summed E-state index contributed by atoms with van der Waals surface area (Å²) in [5.41, 5.74) is 2.37. The molecule has 1 unspecified atom stereocenters. The summed E-state index contributed by atoms with van der Waals surface area (Å²) in [7, 11) is 0. The van der Waals surface area contributed by atoms with Gasteiger partial charge in [-0.3, -0.25) is 0 Å². The molecule has 1 heterocycles. The summed E-state index contributed by atoms with van der Waals surface area (Å²) in [5, 5.41) is 11.1. The van der Waals surface area contributed by atoms with Crippen LogP contribution in [0, 0.1) is 0 Å². The van der Waals surface area contributed by atoms with E-state index in [-0.39, 0.29) is 6.10 Å². The first kappa shape index (κ1) is 12.3. The maximum atomic E-state index is 9.95. The third kappa shape index (κ3) is 2.51. The van der Waals surface area contributed by atoms with Gasteiger partial charge in [-0.05, 0) is 37.0 Å². The Kier molecular flexibility index (Phi) is 3.50. The van der Waals surface area contributed by atoms with Crippen molar-refractivity contribution >= 4 is 27.3 Å². The molecule has 1 atom stereocenters. The van der Waals surface area contributed by atoms with Gasteiger partial charge in [0.2, 0.25) is 0 Å². The van der Waals surface area contributed by atoms with Gasteiger partial charge < -0.3 is 5.11 Å². The van der Waals surface area contributed by atoms with Crippen LogP contribution >= 0.6 is 27.3 Å². The lowest BCUT2D eigenvalue weighted by molar-refractivity contribution is 0.160. The molecule has 0 saturated carbocycles. The van der Waals surface area contributed by atoms with Crippen molar-refractivity contribution in [3.8, 4) is 0 Å². The highest BCUT2D eigenvalue weighted by Gasteiger charge is 2.22. The van der Waals surface area contributed by atoms with Crippen LogP contribution in [-0.4, -0.2) is 10.1 Å². The minimum Gasteiger partial charge on any atom is -0.388 e. The lowest BCUT2D eigenvalue weighted by Crippen LogP contribution is -2.06. The van der Waals surface area contributed by atoms with Crippen LogP contribution in [0.2, 0.25) is 0 Å². The van der Waals surface area contributed by atoms with Crippen molar-refractivity contribution in [2.45, 2.75) is 31.8 Å². The average Bonchev–Trinajstić information content (AvgIpc) is 2.73. The van der Waals surface area contributed by atoms with Crippen molar-refractivity contribution < 1.29 is 5.11 Å². The van der Waals surface area contributed by atoms with Gasteiger partial charge in [-0.1, -0.05) is 28.1 Å². The molecule has 0 radical (unpaired) electrons. The molecule has 1 aliphatic carbocycles. The summed E-state index contributed by atoms with van der Waals surface area (Å²) in [4.78, 5) is 5.76. The molecule has 94 valence electrons. The van der Waals surface area contributed by atoms with E-state index in [1.165, 1.54) is 5.56 Å². The van der Waals surface area contributed by atoms with Crippen LogP contribution in [0.4, 0.5) is 0 Å². The largest absolute Gasteiger partial charge is 0.388 e. The highest BCUT2D eigenvalue weighted by molar-refractivity contribution is 9.10. The summed E-state index contributed by atoms with van der Waals surface area (Å²) < 4.78 is 1.10. The SMILES string of the molecule is OC1CCCc2nc(Cc3cccc(Br)c3)sc21. The Morgan fingerprint density at radius 2 is 2.33 bits per heavy atom. The number of aromatic nitrogens is 1. The van der Waals surface area contributed by atoms with Gasteiger partial charge in [0.1, 0.15) is 0 Å². The van der Waals surface area contributed by atoms with Crippen LogP contribution < -0.4 is 0 Å². The number of aliphatic hydroxyl groups is 1. The van der Waals surface area contributed by atoms with Crippen LogP contribution in [0.3, 0.4) is 0 Å². The molecule has 0 aliphatic heterocycles. The van der Waals surface area contributed by atoms with E-state index in [4.69, 9.17) is 0 Å². The van der Waals surface area contributed by atoms with E-state index in [9.17, 15) is 5.11 Å². The minimum atomic E-state index is -0.289. The van der Waals surface area contributed by atoms with Crippen LogP contribution in [0.1, 0.15) is 40.1 Å². The second-order valence-corrected chi connectivity index (χ2v) is 6.66. The van der Waals surface area contributed by atoms with Gasteiger partial charge in [-0.2, -0.15) is 0 Å². The maximum absolute atomic E-state index is 9.95. The fourth-order valence-electron chi connectivity index (χ4n) is 2.34. The number of aliphatic hydroxyl groups excluding tert-OH is 1. The molecule has 1 aliphatic rings. The zero-order chi connectivity index (χ0) is 12.5. The molecule has 2 aromatic rings. The zero-order valence-electron chi connectivity index (χ0n) is 9.90. The van der Waals surface area contributed by atoms with Crippen molar-refractivity contribution in [3.05, 3.63) is 49.9 Å². The molecule has 0 spiro atoms. The fourth-order valence-corrected chi connectivity index (χ4v) is 3.96. The van der Waals surface area contributed by atoms with Crippen molar-refractivity contribution in [2.75, 3.05) is 0 Å². The number of halogens is 1. The molecule has 1 aromatic heterocycles. The Hall–Kier alpha value is -0.710. The van der Waals surface area contributed by atoms with E-state index in [0.717, 1.165) is 45.7 Å². The minimum absolute atomic E-state index is 0.289. The topological polar surface area (TPSA) is 33.1 Å². The second-order valence-electron chi connectivity index (χ2n) is 4.63. The first-order valence-corrected chi connectivity index (χ1v) is 7.74. The van der Waals surface area contributed by atoms with Crippen LogP contribution in [0.5, 0.6) is 0 Å². The molecule has 1 N–H and O–H groups in total. The Morgan fingerprint density at radius 3 is 3.11 bits per heavy atom. The summed E-state index contributed by atoms with van der Waals surface area (Å²) in [6, 6.07) is 8.31. The molecular weight excluding hydrogens is 310 g/mol. The van der Waals surface area contributed by atoms with Gasteiger partial charge in [-0.25, -0.2) is 4.98 Å². The van der Waals surface area contributed by atoms with Gasteiger partial charge >= 0.3 is 0 Å². The highest BCUT2D eigenvalue weighted by atomic mass is 79.9. The van der Waals surface area contributed by atoms with Crippen LogP contribution in [0.15, 0.2) is 28.7 Å². The van der Waals surface area contributed by atoms with E-state index >= 15 is 0 Å². The van der Waals surface area contributed by atoms with Gasteiger partial charge in [0.25, 0.3) is 0 Å². The smallest absolute Gasteiger partial charge is 0.0975 e. The van der Waals surface area contributed by atoms with Crippen molar-refractivity contribution in [1.82, 2.24) is 4.98 Å². The first-order valence-electron chi connectivity index (χ1n) is 6.13. The normalized spacial score (nSPS) is 18.7. The van der Waals surface area contributed by atoms with Crippen molar-refractivity contribution in [3.63, 3.8) is 0 Å². The molecule has 0 saturated heterocycles. The third-order valence-electron chi connectivity index (χ3n) is 3.21. The second kappa shape index (κ2) is 5.11. The van der Waals surface area contributed by atoms with Crippen LogP contribution in [0.25, 0.3) is 0 Å². The van der Waals surface area contributed by atoms with E-state index < -0.39 is 0 Å². The number of benzene rings is 1. The quantitative estimate of drug-likeness (QED) is 0.910. The molecular formula is C14H14BrNOS. The van der Waals surface area contributed by atoms with Gasteiger partial charge in [0, 0.05) is 10.9 Å². The highest BCUT2D eigenvalue weighted by Crippen LogP contribution is 2.34. The number of aryl methyl sites for hydroxylation is 1. The van der Waals surface area contributed by atoms with Crippen molar-refractivity contribution in [1.29, 1.82) is 0 Å². The van der Waals surface area contributed by atoms with E-state index in [0.29, 0.717) is 0 Å². The van der Waals surface area contributed by atoms with Crippen molar-refractivity contribution in [2.24, 2.45) is 0 Å². The monoisotopic (exact) mass is 323 g/mol. The standard InChI is InChI=1S/C14H14BrNOS/c15-10-4-1-3-9(7-10)8-13-16-11-5-2-6-12(17)14(11)18-13/h1,3-4,7,12,17H,2,5-6,8H2. The molecule has 0 bridgehead atoms. The molecule has 1 aromatic carbocycles. The zero-order valence-corrected chi connectivity index (χ0v) is 12.3. The maximum Gasteiger partial charge on any atom is 0.0975 e. The van der Waals surface area contributed by atoms with Gasteiger partial charge in [0.15, 0.2) is 0 Å². The summed E-state index contributed by atoms with van der Waals surface area (Å²) in [6.07, 6.45) is 3.51. The Morgan fingerprint density at radius 1 is 1.44 bits per heavy atom.